The van der Waals surface area contributed by atoms with E-state index in [4.69, 9.17) is 0 Å². The Morgan fingerprint density at radius 2 is 1.14 bits per heavy atom. The highest BCUT2D eigenvalue weighted by molar-refractivity contribution is 5.25. The van der Waals surface area contributed by atoms with Gasteiger partial charge in [0.15, 0.2) is 0 Å². The first-order valence-electron chi connectivity index (χ1n) is 11.6. The van der Waals surface area contributed by atoms with Gasteiger partial charge in [-0.25, -0.2) is 4.39 Å². The number of hydrogen-bond acceptors (Lipinski definition) is 0. The van der Waals surface area contributed by atoms with Crippen molar-refractivity contribution in [2.75, 3.05) is 0 Å². The zero-order valence-corrected chi connectivity index (χ0v) is 19.5. The molecule has 0 saturated carbocycles. The van der Waals surface area contributed by atoms with Crippen LogP contribution in [0.4, 0.5) is 4.39 Å². The van der Waals surface area contributed by atoms with Crippen molar-refractivity contribution in [3.05, 3.63) is 71.3 Å². The molecule has 162 valence electrons. The van der Waals surface area contributed by atoms with E-state index >= 15 is 0 Å². The highest BCUT2D eigenvalue weighted by Crippen LogP contribution is 2.19. The maximum atomic E-state index is 13.1. The molecule has 2 aromatic carbocycles. The fraction of sp³-hybridized carbons (Fsp3) is 0.571. The quantitative estimate of drug-likeness (QED) is 0.331. The molecule has 2 aromatic rings. The predicted molar refractivity (Wildman–Crippen MR) is 127 cm³/mol. The highest BCUT2D eigenvalue weighted by Gasteiger charge is 2.03. The summed E-state index contributed by atoms with van der Waals surface area (Å²) in [6.07, 6.45) is 9.31. The minimum atomic E-state index is -0.851. The van der Waals surface area contributed by atoms with Crippen molar-refractivity contribution >= 4 is 0 Å². The number of alkyl halides is 1. The molecule has 0 N–H and O–H groups in total. The van der Waals surface area contributed by atoms with Crippen LogP contribution in [0.2, 0.25) is 0 Å². The second-order valence-corrected chi connectivity index (χ2v) is 9.13. The number of rotatable bonds is 11. The van der Waals surface area contributed by atoms with Gasteiger partial charge < -0.3 is 0 Å². The van der Waals surface area contributed by atoms with Gasteiger partial charge in [-0.3, -0.25) is 0 Å². The summed E-state index contributed by atoms with van der Waals surface area (Å²) in [5.41, 5.74) is 3.55. The van der Waals surface area contributed by atoms with Crippen LogP contribution in [0.15, 0.2) is 54.6 Å². The third-order valence-corrected chi connectivity index (χ3v) is 5.25. The lowest BCUT2D eigenvalue weighted by molar-refractivity contribution is 0.374. The van der Waals surface area contributed by atoms with Crippen molar-refractivity contribution in [2.45, 2.75) is 92.2 Å². The van der Waals surface area contributed by atoms with E-state index in [9.17, 15) is 4.39 Å². The van der Waals surface area contributed by atoms with Crippen LogP contribution in [0, 0.1) is 11.8 Å². The first-order chi connectivity index (χ1) is 13.9. The molecule has 1 atom stereocenters. The monoisotopic (exact) mass is 398 g/mol. The van der Waals surface area contributed by atoms with E-state index in [1.54, 1.807) is 6.92 Å². The van der Waals surface area contributed by atoms with Crippen LogP contribution < -0.4 is 0 Å². The van der Waals surface area contributed by atoms with Gasteiger partial charge in [-0.15, -0.1) is 0 Å². The minimum absolute atomic E-state index is 0.789. The van der Waals surface area contributed by atoms with Crippen LogP contribution in [0.25, 0.3) is 0 Å². The molecule has 0 nitrogen and oxygen atoms in total. The van der Waals surface area contributed by atoms with Crippen LogP contribution >= 0.6 is 0 Å². The third-order valence-electron chi connectivity index (χ3n) is 5.25. The van der Waals surface area contributed by atoms with Gasteiger partial charge in [-0.2, -0.15) is 0 Å². The summed E-state index contributed by atoms with van der Waals surface area (Å²) in [6, 6.07) is 18.7. The Morgan fingerprint density at radius 1 is 0.621 bits per heavy atom. The lowest BCUT2D eigenvalue weighted by atomic mass is 10.0. The topological polar surface area (TPSA) is 0 Å². The minimum Gasteiger partial charge on any atom is -0.243 e. The third kappa shape index (κ3) is 13.3. The van der Waals surface area contributed by atoms with E-state index < -0.39 is 6.17 Å². The molecule has 2 rings (SSSR count). The van der Waals surface area contributed by atoms with Crippen LogP contribution in [0.5, 0.6) is 0 Å². The summed E-state index contributed by atoms with van der Waals surface area (Å²) in [6.45, 7) is 10.7. The second kappa shape index (κ2) is 15.2. The molecule has 0 fully saturated rings. The Labute approximate surface area is 179 Å². The van der Waals surface area contributed by atoms with Crippen LogP contribution in [0.3, 0.4) is 0 Å². The molecule has 0 amide bonds. The summed E-state index contributed by atoms with van der Waals surface area (Å²) < 4.78 is 13.1. The van der Waals surface area contributed by atoms with Crippen LogP contribution in [-0.4, -0.2) is 0 Å². The molecule has 0 heterocycles. The highest BCUT2D eigenvalue weighted by atomic mass is 19.1. The smallest absolute Gasteiger partial charge is 0.122 e. The molecular formula is C28H43F. The van der Waals surface area contributed by atoms with Gasteiger partial charge in [0.25, 0.3) is 0 Å². The summed E-state index contributed by atoms with van der Waals surface area (Å²) in [4.78, 5) is 0. The molecule has 0 aliphatic heterocycles. The lowest BCUT2D eigenvalue weighted by Crippen LogP contribution is -1.92. The number of hydrogen-bond donors (Lipinski definition) is 0. The Bertz CT molecular complexity index is 628. The van der Waals surface area contributed by atoms with Gasteiger partial charge >= 0.3 is 0 Å². The lowest BCUT2D eigenvalue weighted by Gasteiger charge is -2.07. The van der Waals surface area contributed by atoms with E-state index in [0.29, 0.717) is 0 Å². The molecule has 1 unspecified atom stereocenters. The van der Waals surface area contributed by atoms with Crippen molar-refractivity contribution in [1.82, 2.24) is 0 Å². The molecule has 0 aliphatic rings. The molecule has 1 heteroatoms. The van der Waals surface area contributed by atoms with Gasteiger partial charge in [-0.1, -0.05) is 108 Å². The van der Waals surface area contributed by atoms with Gasteiger partial charge in [0.1, 0.15) is 6.17 Å². The number of unbranched alkanes of at least 4 members (excludes halogenated alkanes) is 2. The number of halogens is 1. The van der Waals surface area contributed by atoms with Gasteiger partial charge in [0, 0.05) is 0 Å². The Morgan fingerprint density at radius 3 is 1.66 bits per heavy atom. The van der Waals surface area contributed by atoms with E-state index in [0.717, 1.165) is 23.8 Å². The van der Waals surface area contributed by atoms with E-state index in [1.165, 1.54) is 56.1 Å². The first-order valence-corrected chi connectivity index (χ1v) is 11.6. The second-order valence-electron chi connectivity index (χ2n) is 9.13. The normalized spacial score (nSPS) is 12.0. The molecule has 0 saturated heterocycles. The SMILES string of the molecule is CC(C)CCCCc1cccc(C(C)F)c1.CC(C)CCCCc1ccccc1. The summed E-state index contributed by atoms with van der Waals surface area (Å²) in [5.74, 6) is 1.65. The van der Waals surface area contributed by atoms with Gasteiger partial charge in [-0.05, 0) is 61.1 Å². The molecule has 0 aromatic heterocycles. The molecular weight excluding hydrogens is 355 g/mol. The number of aryl methyl sites for hydroxylation is 2. The van der Waals surface area contributed by atoms with Crippen LogP contribution in [-0.2, 0) is 12.8 Å². The Hall–Kier alpha value is -1.63. The van der Waals surface area contributed by atoms with Crippen molar-refractivity contribution in [3.8, 4) is 0 Å². The van der Waals surface area contributed by atoms with Crippen molar-refractivity contribution in [3.63, 3.8) is 0 Å². The molecule has 0 spiro atoms. The Kier molecular flexibility index (Phi) is 13.4. The summed E-state index contributed by atoms with van der Waals surface area (Å²) in [5, 5.41) is 0. The molecule has 0 radical (unpaired) electrons. The molecule has 0 aliphatic carbocycles. The maximum absolute atomic E-state index is 13.1. The maximum Gasteiger partial charge on any atom is 0.122 e. The summed E-state index contributed by atoms with van der Waals surface area (Å²) in [7, 11) is 0. The van der Waals surface area contributed by atoms with E-state index in [2.05, 4.69) is 64.1 Å². The zero-order valence-electron chi connectivity index (χ0n) is 19.5. The van der Waals surface area contributed by atoms with Gasteiger partial charge in [0.2, 0.25) is 0 Å². The van der Waals surface area contributed by atoms with E-state index in [-0.39, 0.29) is 0 Å². The molecule has 0 bridgehead atoms. The van der Waals surface area contributed by atoms with Gasteiger partial charge in [0.05, 0.1) is 0 Å². The van der Waals surface area contributed by atoms with Crippen molar-refractivity contribution < 1.29 is 4.39 Å². The van der Waals surface area contributed by atoms with Crippen LogP contribution in [0.1, 0.15) is 96.0 Å². The predicted octanol–water partition coefficient (Wildman–Crippen LogP) is 9.14. The average molecular weight is 399 g/mol. The summed E-state index contributed by atoms with van der Waals surface area (Å²) >= 11 is 0. The fourth-order valence-electron chi connectivity index (χ4n) is 3.40. The zero-order chi connectivity index (χ0) is 21.5. The average Bonchev–Trinajstić information content (AvgIpc) is 2.70. The van der Waals surface area contributed by atoms with Crippen molar-refractivity contribution in [1.29, 1.82) is 0 Å². The van der Waals surface area contributed by atoms with E-state index in [1.807, 2.05) is 18.2 Å². The largest absolute Gasteiger partial charge is 0.243 e. The molecule has 29 heavy (non-hydrogen) atoms. The standard InChI is InChI=1S/C15H23F.C13H20/c1-12(2)7-4-5-8-14-9-6-10-15(11-14)13(3)16;1-12(2)8-6-7-11-13-9-4-3-5-10-13/h6,9-13H,4-5,7-8H2,1-3H3;3-5,9-10,12H,6-8,11H2,1-2H3. The first kappa shape index (κ1) is 25.4. The Balaban J connectivity index is 0.000000296. The fourth-order valence-corrected chi connectivity index (χ4v) is 3.40. The number of benzene rings is 2. The van der Waals surface area contributed by atoms with Crippen molar-refractivity contribution in [2.24, 2.45) is 11.8 Å².